The van der Waals surface area contributed by atoms with Crippen molar-refractivity contribution in [2.24, 2.45) is 0 Å². The van der Waals surface area contributed by atoms with Gasteiger partial charge in [-0.1, -0.05) is 28.7 Å². The van der Waals surface area contributed by atoms with E-state index < -0.39 is 0 Å². The van der Waals surface area contributed by atoms with Gasteiger partial charge in [-0.05, 0) is 19.1 Å². The van der Waals surface area contributed by atoms with Gasteiger partial charge in [-0.2, -0.15) is 4.57 Å². The second kappa shape index (κ2) is 3.96. The number of nitrogens with zero attached hydrogens (tertiary/aromatic N) is 1. The van der Waals surface area contributed by atoms with Crippen LogP contribution in [0.1, 0.15) is 11.9 Å². The summed E-state index contributed by atoms with van der Waals surface area (Å²) in [6.45, 7) is 5.40. The van der Waals surface area contributed by atoms with Crippen molar-refractivity contribution in [3.63, 3.8) is 0 Å². The average Bonchev–Trinajstić information content (AvgIpc) is 2.87. The van der Waals surface area contributed by atoms with Crippen LogP contribution >= 0.6 is 22.7 Å². The second-order valence-corrected chi connectivity index (χ2v) is 6.22. The summed E-state index contributed by atoms with van der Waals surface area (Å²) in [6, 6.07) is 6.52. The fourth-order valence-corrected chi connectivity index (χ4v) is 4.43. The summed E-state index contributed by atoms with van der Waals surface area (Å²) in [4.78, 5) is 0. The molecule has 0 saturated heterocycles. The molecule has 0 N–H and O–H groups in total. The molecule has 1 aromatic carbocycles. The number of hydrogen-bond donors (Lipinski definition) is 0. The number of ether oxygens (including phenoxy) is 1. The van der Waals surface area contributed by atoms with Crippen molar-refractivity contribution in [1.82, 2.24) is 0 Å². The van der Waals surface area contributed by atoms with E-state index in [0.717, 1.165) is 11.6 Å². The second-order valence-electron chi connectivity index (χ2n) is 3.97. The summed E-state index contributed by atoms with van der Waals surface area (Å²) in [5.74, 6) is 0. The maximum Gasteiger partial charge on any atom is 0.241 e. The van der Waals surface area contributed by atoms with E-state index in [1.807, 2.05) is 11.3 Å². The quantitative estimate of drug-likeness (QED) is 0.643. The number of methoxy groups -OCH3 is 1. The van der Waals surface area contributed by atoms with Gasteiger partial charge >= 0.3 is 0 Å². The first-order valence-electron chi connectivity index (χ1n) is 5.64. The van der Waals surface area contributed by atoms with Crippen molar-refractivity contribution in [2.75, 3.05) is 7.11 Å². The lowest BCUT2D eigenvalue weighted by Gasteiger charge is -1.92. The van der Waals surface area contributed by atoms with Crippen molar-refractivity contribution in [2.45, 2.75) is 20.4 Å². The highest BCUT2D eigenvalue weighted by Gasteiger charge is 2.20. The molecular formula is C13H14NOS2+. The number of thiazole rings is 1. The van der Waals surface area contributed by atoms with Gasteiger partial charge in [0.05, 0.1) is 7.11 Å². The predicted molar refractivity (Wildman–Crippen MR) is 74.4 cm³/mol. The molecule has 0 spiro atoms. The Morgan fingerprint density at radius 1 is 1.29 bits per heavy atom. The van der Waals surface area contributed by atoms with Crippen LogP contribution in [-0.4, -0.2) is 7.11 Å². The molecule has 17 heavy (non-hydrogen) atoms. The molecule has 2 nitrogen and oxygen atoms in total. The molecule has 0 saturated carbocycles. The summed E-state index contributed by atoms with van der Waals surface area (Å²) in [6.07, 6.45) is 0. The van der Waals surface area contributed by atoms with E-state index >= 15 is 0 Å². The third-order valence-electron chi connectivity index (χ3n) is 3.03. The number of rotatable bonds is 2. The first-order valence-corrected chi connectivity index (χ1v) is 7.27. The molecule has 0 aliphatic rings. The van der Waals surface area contributed by atoms with Crippen LogP contribution in [0.15, 0.2) is 18.2 Å². The van der Waals surface area contributed by atoms with Gasteiger partial charge in [0.1, 0.15) is 15.9 Å². The summed E-state index contributed by atoms with van der Waals surface area (Å²) in [5.41, 5.74) is 1.36. The Kier molecular flexibility index (Phi) is 2.56. The van der Waals surface area contributed by atoms with E-state index in [1.165, 1.54) is 25.3 Å². The van der Waals surface area contributed by atoms with Crippen LogP contribution in [0, 0.1) is 6.92 Å². The minimum Gasteiger partial charge on any atom is -0.487 e. The molecule has 2 heterocycles. The number of hydrogen-bond acceptors (Lipinski definition) is 3. The van der Waals surface area contributed by atoms with E-state index in [9.17, 15) is 0 Å². The van der Waals surface area contributed by atoms with Gasteiger partial charge in [0.15, 0.2) is 5.06 Å². The van der Waals surface area contributed by atoms with Crippen LogP contribution in [-0.2, 0) is 6.54 Å². The van der Waals surface area contributed by atoms with Crippen LogP contribution in [0.5, 0.6) is 5.06 Å². The standard InChI is InChI=1S/C13H14NOS2/c1-4-14-8(2)16-10-6-5-9-7-11(15-3)17-13(9)12(10)14/h5-7H,4H2,1-3H3/q+1. The lowest BCUT2D eigenvalue weighted by atomic mass is 10.2. The zero-order valence-electron chi connectivity index (χ0n) is 10.1. The lowest BCUT2D eigenvalue weighted by molar-refractivity contribution is -0.668. The van der Waals surface area contributed by atoms with E-state index in [-0.39, 0.29) is 0 Å². The fourth-order valence-electron chi connectivity index (χ4n) is 2.24. The Morgan fingerprint density at radius 2 is 2.12 bits per heavy atom. The minimum atomic E-state index is 0.985. The van der Waals surface area contributed by atoms with Gasteiger partial charge < -0.3 is 4.74 Å². The molecule has 0 atom stereocenters. The Morgan fingerprint density at radius 3 is 2.82 bits per heavy atom. The van der Waals surface area contributed by atoms with Crippen LogP contribution in [0.25, 0.3) is 20.3 Å². The smallest absolute Gasteiger partial charge is 0.241 e. The highest BCUT2D eigenvalue weighted by Crippen LogP contribution is 2.37. The molecule has 0 amide bonds. The predicted octanol–water partition coefficient (Wildman–Crippen LogP) is 3.74. The minimum absolute atomic E-state index is 0.985. The fraction of sp³-hybridized carbons (Fsp3) is 0.308. The van der Waals surface area contributed by atoms with Crippen molar-refractivity contribution < 1.29 is 9.30 Å². The molecule has 2 aromatic heterocycles. The number of fused-ring (bicyclic) bond motifs is 3. The Labute approximate surface area is 108 Å². The molecule has 3 rings (SSSR count). The van der Waals surface area contributed by atoms with Gasteiger partial charge in [-0.15, -0.1) is 0 Å². The number of thiophene rings is 1. The molecule has 4 heteroatoms. The highest BCUT2D eigenvalue weighted by molar-refractivity contribution is 7.23. The highest BCUT2D eigenvalue weighted by atomic mass is 32.1. The van der Waals surface area contributed by atoms with Gasteiger partial charge in [0.25, 0.3) is 0 Å². The first-order chi connectivity index (χ1) is 8.24. The normalized spacial score (nSPS) is 11.5. The molecule has 0 aliphatic heterocycles. The van der Waals surface area contributed by atoms with E-state index in [0.29, 0.717) is 0 Å². The summed E-state index contributed by atoms with van der Waals surface area (Å²) >= 11 is 3.60. The van der Waals surface area contributed by atoms with E-state index in [4.69, 9.17) is 4.74 Å². The zero-order chi connectivity index (χ0) is 12.0. The largest absolute Gasteiger partial charge is 0.487 e. The Bertz CT molecular complexity index is 696. The summed E-state index contributed by atoms with van der Waals surface area (Å²) < 4.78 is 10.4. The van der Waals surface area contributed by atoms with Crippen molar-refractivity contribution >= 4 is 43.0 Å². The van der Waals surface area contributed by atoms with Gasteiger partial charge in [-0.3, -0.25) is 0 Å². The molecule has 0 unspecified atom stereocenters. The van der Waals surface area contributed by atoms with Crippen molar-refractivity contribution in [1.29, 1.82) is 0 Å². The third-order valence-corrected chi connectivity index (χ3v) is 5.21. The monoisotopic (exact) mass is 264 g/mol. The Balaban J connectivity index is 2.47. The van der Waals surface area contributed by atoms with Crippen molar-refractivity contribution in [3.05, 3.63) is 23.2 Å². The number of aromatic nitrogens is 1. The number of aryl methyl sites for hydroxylation is 2. The third kappa shape index (κ3) is 1.55. The topological polar surface area (TPSA) is 13.1 Å². The van der Waals surface area contributed by atoms with E-state index in [1.54, 1.807) is 18.4 Å². The van der Waals surface area contributed by atoms with Gasteiger partial charge in [0.2, 0.25) is 10.5 Å². The van der Waals surface area contributed by atoms with Crippen LogP contribution in [0.2, 0.25) is 0 Å². The summed E-state index contributed by atoms with van der Waals surface area (Å²) in [5, 5.41) is 3.63. The Hall–Kier alpha value is -1.13. The number of benzene rings is 1. The summed E-state index contributed by atoms with van der Waals surface area (Å²) in [7, 11) is 1.73. The molecule has 0 radical (unpaired) electrons. The maximum atomic E-state index is 5.34. The molecule has 0 aliphatic carbocycles. The van der Waals surface area contributed by atoms with Crippen LogP contribution in [0.3, 0.4) is 0 Å². The van der Waals surface area contributed by atoms with Crippen LogP contribution in [0.4, 0.5) is 0 Å². The van der Waals surface area contributed by atoms with E-state index in [2.05, 4.69) is 36.6 Å². The average molecular weight is 264 g/mol. The SMILES string of the molecule is CC[n+]1c(C)sc2ccc3cc(OC)sc3c21. The molecular weight excluding hydrogens is 250 g/mol. The van der Waals surface area contributed by atoms with Crippen LogP contribution < -0.4 is 9.30 Å². The molecule has 0 bridgehead atoms. The van der Waals surface area contributed by atoms with Gasteiger partial charge in [-0.25, -0.2) is 0 Å². The van der Waals surface area contributed by atoms with Crippen molar-refractivity contribution in [3.8, 4) is 5.06 Å². The lowest BCUT2D eigenvalue weighted by Crippen LogP contribution is -2.33. The first kappa shape index (κ1) is 11.0. The van der Waals surface area contributed by atoms with Gasteiger partial charge in [0, 0.05) is 12.3 Å². The molecule has 88 valence electrons. The zero-order valence-corrected chi connectivity index (χ0v) is 11.7. The maximum absolute atomic E-state index is 5.34. The molecule has 0 fully saturated rings. The molecule has 3 aromatic rings.